The third kappa shape index (κ3) is 1.23. The molecule has 66 valence electrons. The summed E-state index contributed by atoms with van der Waals surface area (Å²) >= 11 is 11.7. The van der Waals surface area contributed by atoms with Crippen molar-refractivity contribution in [3.63, 3.8) is 0 Å². The molecule has 2 nitrogen and oxygen atoms in total. The van der Waals surface area contributed by atoms with E-state index in [2.05, 4.69) is 4.98 Å². The zero-order chi connectivity index (χ0) is 9.42. The molecule has 2 rings (SSSR count). The second-order valence-corrected chi connectivity index (χ2v) is 3.42. The highest BCUT2D eigenvalue weighted by Gasteiger charge is 2.10. The van der Waals surface area contributed by atoms with E-state index < -0.39 is 0 Å². The van der Waals surface area contributed by atoms with Crippen LogP contribution in [0, 0.1) is 0 Å². The normalized spacial score (nSPS) is 10.6. The number of aldehydes is 1. The molecule has 0 unspecified atom stereocenters. The highest BCUT2D eigenvalue weighted by atomic mass is 35.5. The largest absolute Gasteiger partial charge is 0.344 e. The van der Waals surface area contributed by atoms with Gasteiger partial charge in [0.1, 0.15) is 5.15 Å². The number of rotatable bonds is 1. The SMILES string of the molecule is O=Cc1c(Cl)[nH]c2c(Cl)cccc12. The van der Waals surface area contributed by atoms with Crippen LogP contribution in [0.5, 0.6) is 0 Å². The van der Waals surface area contributed by atoms with Crippen molar-refractivity contribution < 1.29 is 4.79 Å². The van der Waals surface area contributed by atoms with Gasteiger partial charge in [0.15, 0.2) is 6.29 Å². The van der Waals surface area contributed by atoms with E-state index in [1.807, 2.05) is 0 Å². The fourth-order valence-electron chi connectivity index (χ4n) is 1.29. The Labute approximate surface area is 84.5 Å². The Bertz CT molecular complexity index is 476. The Morgan fingerprint density at radius 3 is 2.77 bits per heavy atom. The molecule has 0 fully saturated rings. The molecule has 0 bridgehead atoms. The van der Waals surface area contributed by atoms with Crippen LogP contribution in [-0.2, 0) is 0 Å². The van der Waals surface area contributed by atoms with Crippen molar-refractivity contribution in [3.05, 3.63) is 33.9 Å². The van der Waals surface area contributed by atoms with Crippen molar-refractivity contribution in [1.82, 2.24) is 4.98 Å². The quantitative estimate of drug-likeness (QED) is 0.725. The van der Waals surface area contributed by atoms with Gasteiger partial charge in [-0.05, 0) is 6.07 Å². The van der Waals surface area contributed by atoms with Crippen LogP contribution in [0.3, 0.4) is 0 Å². The monoisotopic (exact) mass is 213 g/mol. The molecule has 0 amide bonds. The summed E-state index contributed by atoms with van der Waals surface area (Å²) in [4.78, 5) is 13.5. The molecule has 0 radical (unpaired) electrons. The Morgan fingerprint density at radius 2 is 2.08 bits per heavy atom. The molecular weight excluding hydrogens is 209 g/mol. The number of halogens is 2. The minimum absolute atomic E-state index is 0.332. The second-order valence-electron chi connectivity index (χ2n) is 2.63. The van der Waals surface area contributed by atoms with Crippen molar-refractivity contribution >= 4 is 40.4 Å². The molecule has 0 aliphatic rings. The van der Waals surface area contributed by atoms with Crippen LogP contribution in [0.25, 0.3) is 10.9 Å². The molecule has 2 aromatic rings. The lowest BCUT2D eigenvalue weighted by atomic mass is 10.2. The highest BCUT2D eigenvalue weighted by molar-refractivity contribution is 6.38. The summed E-state index contributed by atoms with van der Waals surface area (Å²) in [6.45, 7) is 0. The van der Waals surface area contributed by atoms with Gasteiger partial charge >= 0.3 is 0 Å². The van der Waals surface area contributed by atoms with Crippen LogP contribution in [0.4, 0.5) is 0 Å². The molecule has 1 aromatic carbocycles. The van der Waals surface area contributed by atoms with Gasteiger partial charge in [-0.1, -0.05) is 35.3 Å². The molecule has 0 aliphatic heterocycles. The second kappa shape index (κ2) is 3.05. The van der Waals surface area contributed by atoms with Gasteiger partial charge in [0.25, 0.3) is 0 Å². The lowest BCUT2D eigenvalue weighted by Crippen LogP contribution is -1.75. The molecule has 0 aliphatic carbocycles. The van der Waals surface area contributed by atoms with Crippen molar-refractivity contribution in [2.75, 3.05) is 0 Å². The minimum Gasteiger partial charge on any atom is -0.344 e. The average molecular weight is 214 g/mol. The molecule has 0 saturated carbocycles. The molecule has 0 atom stereocenters. The molecule has 0 saturated heterocycles. The van der Waals surface area contributed by atoms with E-state index >= 15 is 0 Å². The van der Waals surface area contributed by atoms with Crippen LogP contribution in [-0.4, -0.2) is 11.3 Å². The predicted octanol–water partition coefficient (Wildman–Crippen LogP) is 3.29. The Balaban J connectivity index is 2.93. The zero-order valence-electron chi connectivity index (χ0n) is 6.47. The third-order valence-electron chi connectivity index (χ3n) is 1.89. The van der Waals surface area contributed by atoms with E-state index in [1.165, 1.54) is 0 Å². The van der Waals surface area contributed by atoms with Crippen LogP contribution in [0.1, 0.15) is 10.4 Å². The van der Waals surface area contributed by atoms with Gasteiger partial charge in [0.2, 0.25) is 0 Å². The highest BCUT2D eigenvalue weighted by Crippen LogP contribution is 2.29. The number of fused-ring (bicyclic) bond motifs is 1. The molecule has 4 heteroatoms. The van der Waals surface area contributed by atoms with E-state index in [0.29, 0.717) is 21.3 Å². The minimum atomic E-state index is 0.332. The maximum atomic E-state index is 10.7. The van der Waals surface area contributed by atoms with Gasteiger partial charge in [0, 0.05) is 5.39 Å². The first-order valence-electron chi connectivity index (χ1n) is 3.65. The third-order valence-corrected chi connectivity index (χ3v) is 2.51. The Kier molecular flexibility index (Phi) is 2.02. The summed E-state index contributed by atoms with van der Waals surface area (Å²) in [5.74, 6) is 0. The smallest absolute Gasteiger partial charge is 0.153 e. The predicted molar refractivity (Wildman–Crippen MR) is 53.7 cm³/mol. The number of hydrogen-bond acceptors (Lipinski definition) is 1. The lowest BCUT2D eigenvalue weighted by molar-refractivity contribution is 0.112. The van der Waals surface area contributed by atoms with Gasteiger partial charge in [-0.3, -0.25) is 4.79 Å². The Hall–Kier alpha value is -0.990. The van der Waals surface area contributed by atoms with Gasteiger partial charge in [-0.2, -0.15) is 0 Å². The first kappa shape index (κ1) is 8.60. The maximum Gasteiger partial charge on any atom is 0.153 e. The molecule has 0 spiro atoms. The molecule has 13 heavy (non-hydrogen) atoms. The number of aromatic nitrogens is 1. The number of benzene rings is 1. The van der Waals surface area contributed by atoms with E-state index in [4.69, 9.17) is 23.2 Å². The van der Waals surface area contributed by atoms with E-state index in [-0.39, 0.29) is 0 Å². The van der Waals surface area contributed by atoms with Gasteiger partial charge in [-0.25, -0.2) is 0 Å². The van der Waals surface area contributed by atoms with E-state index in [1.54, 1.807) is 18.2 Å². The van der Waals surface area contributed by atoms with Crippen LogP contribution < -0.4 is 0 Å². The number of carbonyl (C=O) groups excluding carboxylic acids is 1. The van der Waals surface area contributed by atoms with Crippen molar-refractivity contribution in [1.29, 1.82) is 0 Å². The molecular formula is C9H5Cl2NO. The van der Waals surface area contributed by atoms with Gasteiger partial charge < -0.3 is 4.98 Å². The fourth-order valence-corrected chi connectivity index (χ4v) is 1.75. The standard InChI is InChI=1S/C9H5Cl2NO/c10-7-3-1-2-5-6(4-13)9(11)12-8(5)7/h1-4,12H. The lowest BCUT2D eigenvalue weighted by Gasteiger charge is -1.91. The number of carbonyl (C=O) groups is 1. The summed E-state index contributed by atoms with van der Waals surface area (Å²) < 4.78 is 0. The summed E-state index contributed by atoms with van der Waals surface area (Å²) in [7, 11) is 0. The van der Waals surface area contributed by atoms with Crippen LogP contribution in [0.2, 0.25) is 10.2 Å². The topological polar surface area (TPSA) is 32.9 Å². The first-order valence-corrected chi connectivity index (χ1v) is 4.40. The van der Waals surface area contributed by atoms with Crippen LogP contribution in [0.15, 0.2) is 18.2 Å². The molecule has 1 aromatic heterocycles. The van der Waals surface area contributed by atoms with E-state index in [9.17, 15) is 4.79 Å². The summed E-state index contributed by atoms with van der Waals surface area (Å²) in [6.07, 6.45) is 0.720. The molecule has 1 heterocycles. The number of aromatic amines is 1. The van der Waals surface area contributed by atoms with Gasteiger partial charge in [-0.15, -0.1) is 0 Å². The van der Waals surface area contributed by atoms with Crippen molar-refractivity contribution in [2.24, 2.45) is 0 Å². The number of nitrogens with one attached hydrogen (secondary N) is 1. The number of H-pyrrole nitrogens is 1. The number of para-hydroxylation sites is 1. The maximum absolute atomic E-state index is 10.7. The Morgan fingerprint density at radius 1 is 1.31 bits per heavy atom. The fraction of sp³-hybridized carbons (Fsp3) is 0. The molecule has 1 N–H and O–H groups in total. The summed E-state index contributed by atoms with van der Waals surface area (Å²) in [5.41, 5.74) is 1.16. The van der Waals surface area contributed by atoms with E-state index in [0.717, 1.165) is 11.7 Å². The van der Waals surface area contributed by atoms with Crippen LogP contribution >= 0.6 is 23.2 Å². The number of hydrogen-bond donors (Lipinski definition) is 1. The summed E-state index contributed by atoms with van der Waals surface area (Å²) in [6, 6.07) is 5.32. The first-order chi connectivity index (χ1) is 6.24. The summed E-state index contributed by atoms with van der Waals surface area (Å²) in [5, 5.41) is 1.65. The van der Waals surface area contributed by atoms with Gasteiger partial charge in [0.05, 0.1) is 16.1 Å². The average Bonchev–Trinajstić information content (AvgIpc) is 2.43. The van der Waals surface area contributed by atoms with Crippen molar-refractivity contribution in [2.45, 2.75) is 0 Å². The van der Waals surface area contributed by atoms with Crippen molar-refractivity contribution in [3.8, 4) is 0 Å². The zero-order valence-corrected chi connectivity index (χ0v) is 7.99.